The van der Waals surface area contributed by atoms with Gasteiger partial charge in [0.05, 0.1) is 13.2 Å². The Kier molecular flexibility index (Phi) is 4.32. The van der Waals surface area contributed by atoms with Crippen LogP contribution in [0.5, 0.6) is 0 Å². The summed E-state index contributed by atoms with van der Waals surface area (Å²) in [5.74, 6) is 0. The fourth-order valence-corrected chi connectivity index (χ4v) is 3.60. The number of ether oxygens (including phenoxy) is 1. The standard InChI is InChI=1S/C18H26N2O/c1-3-18(10-4-5-11-19(18)2)16-6-8-17(9-7-16)20-12-14-21-15-13-20/h4-9H,3,10-15H2,1-2H3. The molecule has 1 aromatic carbocycles. The van der Waals surface area contributed by atoms with Gasteiger partial charge >= 0.3 is 0 Å². The molecule has 1 saturated heterocycles. The number of hydrogen-bond donors (Lipinski definition) is 0. The molecule has 0 radical (unpaired) electrons. The van der Waals surface area contributed by atoms with Crippen molar-refractivity contribution in [2.45, 2.75) is 25.3 Å². The average molecular weight is 286 g/mol. The Labute approximate surface area is 128 Å². The van der Waals surface area contributed by atoms with Gasteiger partial charge in [0.25, 0.3) is 0 Å². The van der Waals surface area contributed by atoms with Crippen molar-refractivity contribution in [3.8, 4) is 0 Å². The van der Waals surface area contributed by atoms with Crippen molar-refractivity contribution >= 4 is 5.69 Å². The second-order valence-corrected chi connectivity index (χ2v) is 6.09. The number of morpholine rings is 1. The monoisotopic (exact) mass is 286 g/mol. The second kappa shape index (κ2) is 6.20. The summed E-state index contributed by atoms with van der Waals surface area (Å²) in [5, 5.41) is 0. The summed E-state index contributed by atoms with van der Waals surface area (Å²) in [6.45, 7) is 7.02. The van der Waals surface area contributed by atoms with Gasteiger partial charge in [0.15, 0.2) is 0 Å². The van der Waals surface area contributed by atoms with Crippen LogP contribution in [0.15, 0.2) is 36.4 Å². The Bertz CT molecular complexity index is 490. The molecular formula is C18H26N2O. The lowest BCUT2D eigenvalue weighted by atomic mass is 9.81. The first-order chi connectivity index (χ1) is 10.3. The predicted octanol–water partition coefficient (Wildman–Crippen LogP) is 3.02. The van der Waals surface area contributed by atoms with E-state index in [0.29, 0.717) is 0 Å². The molecule has 0 saturated carbocycles. The van der Waals surface area contributed by atoms with Gasteiger partial charge in [-0.2, -0.15) is 0 Å². The van der Waals surface area contributed by atoms with E-state index in [1.54, 1.807) is 0 Å². The van der Waals surface area contributed by atoms with E-state index in [4.69, 9.17) is 4.74 Å². The van der Waals surface area contributed by atoms with E-state index in [1.807, 2.05) is 0 Å². The van der Waals surface area contributed by atoms with Gasteiger partial charge in [-0.3, -0.25) is 4.90 Å². The van der Waals surface area contributed by atoms with Gasteiger partial charge in [-0.25, -0.2) is 0 Å². The Balaban J connectivity index is 1.83. The highest BCUT2D eigenvalue weighted by molar-refractivity contribution is 5.49. The molecule has 0 amide bonds. The molecule has 1 fully saturated rings. The quantitative estimate of drug-likeness (QED) is 0.794. The Morgan fingerprint density at radius 2 is 1.81 bits per heavy atom. The maximum Gasteiger partial charge on any atom is 0.0642 e. The van der Waals surface area contributed by atoms with Crippen molar-refractivity contribution in [1.29, 1.82) is 0 Å². The summed E-state index contributed by atoms with van der Waals surface area (Å²) in [6.07, 6.45) is 6.86. The van der Waals surface area contributed by atoms with Crippen LogP contribution in [-0.4, -0.2) is 44.8 Å². The molecule has 0 N–H and O–H groups in total. The topological polar surface area (TPSA) is 15.7 Å². The van der Waals surface area contributed by atoms with Crippen LogP contribution in [0.25, 0.3) is 0 Å². The van der Waals surface area contributed by atoms with E-state index in [2.05, 4.69) is 60.2 Å². The number of hydrogen-bond acceptors (Lipinski definition) is 3. The minimum Gasteiger partial charge on any atom is -0.378 e. The van der Waals surface area contributed by atoms with E-state index in [0.717, 1.165) is 45.7 Å². The number of benzene rings is 1. The Hall–Kier alpha value is -1.32. The molecule has 2 heterocycles. The number of rotatable bonds is 3. The van der Waals surface area contributed by atoms with Gasteiger partial charge in [0.2, 0.25) is 0 Å². The lowest BCUT2D eigenvalue weighted by molar-refractivity contribution is 0.119. The molecule has 0 spiro atoms. The molecule has 1 unspecified atom stereocenters. The summed E-state index contributed by atoms with van der Waals surface area (Å²) in [7, 11) is 2.24. The molecule has 0 aliphatic carbocycles. The summed E-state index contributed by atoms with van der Waals surface area (Å²) >= 11 is 0. The highest BCUT2D eigenvalue weighted by Crippen LogP contribution is 2.37. The minimum atomic E-state index is 0.165. The number of anilines is 1. The number of nitrogens with zero attached hydrogens (tertiary/aromatic N) is 2. The van der Waals surface area contributed by atoms with Crippen LogP contribution in [0, 0.1) is 0 Å². The van der Waals surface area contributed by atoms with Gasteiger partial charge in [-0.15, -0.1) is 0 Å². The zero-order valence-electron chi connectivity index (χ0n) is 13.2. The van der Waals surface area contributed by atoms with E-state index < -0.39 is 0 Å². The molecule has 0 bridgehead atoms. The third-order valence-corrected chi connectivity index (χ3v) is 5.10. The van der Waals surface area contributed by atoms with Crippen molar-refractivity contribution in [1.82, 2.24) is 4.90 Å². The maximum atomic E-state index is 5.43. The van der Waals surface area contributed by atoms with Gasteiger partial charge in [-0.05, 0) is 37.6 Å². The fourth-order valence-electron chi connectivity index (χ4n) is 3.60. The van der Waals surface area contributed by atoms with Crippen LogP contribution in [-0.2, 0) is 10.3 Å². The van der Waals surface area contributed by atoms with E-state index in [1.165, 1.54) is 11.3 Å². The Morgan fingerprint density at radius 3 is 2.43 bits per heavy atom. The van der Waals surface area contributed by atoms with E-state index in [9.17, 15) is 0 Å². The first-order valence-electron chi connectivity index (χ1n) is 8.06. The molecule has 21 heavy (non-hydrogen) atoms. The summed E-state index contributed by atoms with van der Waals surface area (Å²) in [4.78, 5) is 4.90. The molecule has 114 valence electrons. The number of likely N-dealkylation sites (N-methyl/N-ethyl adjacent to an activating group) is 1. The maximum absolute atomic E-state index is 5.43. The van der Waals surface area contributed by atoms with Crippen LogP contribution in [0.2, 0.25) is 0 Å². The molecule has 2 aliphatic heterocycles. The smallest absolute Gasteiger partial charge is 0.0642 e. The first-order valence-corrected chi connectivity index (χ1v) is 8.06. The summed E-state index contributed by atoms with van der Waals surface area (Å²) in [6, 6.07) is 9.21. The van der Waals surface area contributed by atoms with Crippen molar-refractivity contribution < 1.29 is 4.74 Å². The lowest BCUT2D eigenvalue weighted by Gasteiger charge is -2.43. The summed E-state index contributed by atoms with van der Waals surface area (Å²) < 4.78 is 5.43. The SMILES string of the molecule is CCC1(c2ccc(N3CCOCC3)cc2)CC=CCN1C. The third kappa shape index (κ3) is 2.72. The normalized spacial score (nSPS) is 27.0. The summed E-state index contributed by atoms with van der Waals surface area (Å²) in [5.41, 5.74) is 2.93. The largest absolute Gasteiger partial charge is 0.378 e. The van der Waals surface area contributed by atoms with Crippen LogP contribution in [0.4, 0.5) is 5.69 Å². The first kappa shape index (κ1) is 14.6. The van der Waals surface area contributed by atoms with E-state index in [-0.39, 0.29) is 5.54 Å². The highest BCUT2D eigenvalue weighted by Gasteiger charge is 2.34. The molecule has 0 aromatic heterocycles. The predicted molar refractivity (Wildman–Crippen MR) is 87.8 cm³/mol. The van der Waals surface area contributed by atoms with Gasteiger partial charge in [0.1, 0.15) is 0 Å². The molecule has 3 heteroatoms. The molecule has 3 rings (SSSR count). The van der Waals surface area contributed by atoms with Gasteiger partial charge < -0.3 is 9.64 Å². The molecule has 3 nitrogen and oxygen atoms in total. The average Bonchev–Trinajstić information content (AvgIpc) is 2.57. The molecule has 1 aromatic rings. The molecule has 2 aliphatic rings. The minimum absolute atomic E-state index is 0.165. The van der Waals surface area contributed by atoms with Gasteiger partial charge in [0, 0.05) is 30.9 Å². The lowest BCUT2D eigenvalue weighted by Crippen LogP contribution is -2.45. The molecular weight excluding hydrogens is 260 g/mol. The van der Waals surface area contributed by atoms with Crippen molar-refractivity contribution in [3.05, 3.63) is 42.0 Å². The zero-order chi connectivity index (χ0) is 14.7. The van der Waals surface area contributed by atoms with Gasteiger partial charge in [-0.1, -0.05) is 31.2 Å². The highest BCUT2D eigenvalue weighted by atomic mass is 16.5. The van der Waals surface area contributed by atoms with Crippen LogP contribution in [0.3, 0.4) is 0 Å². The van der Waals surface area contributed by atoms with Crippen molar-refractivity contribution in [2.75, 3.05) is 44.8 Å². The van der Waals surface area contributed by atoms with Crippen LogP contribution in [0.1, 0.15) is 25.3 Å². The van der Waals surface area contributed by atoms with E-state index >= 15 is 0 Å². The van der Waals surface area contributed by atoms with Crippen LogP contribution < -0.4 is 4.90 Å². The van der Waals surface area contributed by atoms with Crippen molar-refractivity contribution in [2.24, 2.45) is 0 Å². The second-order valence-electron chi connectivity index (χ2n) is 6.09. The molecule has 1 atom stereocenters. The van der Waals surface area contributed by atoms with Crippen LogP contribution >= 0.6 is 0 Å². The third-order valence-electron chi connectivity index (χ3n) is 5.10. The zero-order valence-corrected chi connectivity index (χ0v) is 13.2. The van der Waals surface area contributed by atoms with Crippen molar-refractivity contribution in [3.63, 3.8) is 0 Å². The Morgan fingerprint density at radius 1 is 1.10 bits per heavy atom. The fraction of sp³-hybridized carbons (Fsp3) is 0.556.